The number of carboxylic acids is 1. The minimum absolute atomic E-state index is 0.354. The number of rotatable bonds is 12. The molecule has 1 heterocycles. The van der Waals surface area contributed by atoms with Crippen LogP contribution < -0.4 is 14.8 Å². The van der Waals surface area contributed by atoms with Gasteiger partial charge in [-0.2, -0.15) is 26.3 Å². The van der Waals surface area contributed by atoms with Gasteiger partial charge in [-0.05, 0) is 80.0 Å². The molecule has 3 aromatic carbocycles. The number of hydrogen-bond acceptors (Lipinski definition) is 6. The second-order valence-electron chi connectivity index (χ2n) is 12.2. The number of likely N-dealkylation sites (N-methyl/N-ethyl adjacent to an activating group) is 1. The van der Waals surface area contributed by atoms with Crippen molar-refractivity contribution in [1.29, 1.82) is 0 Å². The van der Waals surface area contributed by atoms with Crippen molar-refractivity contribution in [3.63, 3.8) is 0 Å². The molecule has 48 heavy (non-hydrogen) atoms. The van der Waals surface area contributed by atoms with E-state index in [-0.39, 0.29) is 6.42 Å². The van der Waals surface area contributed by atoms with Crippen LogP contribution in [0, 0.1) is 5.41 Å². The van der Waals surface area contributed by atoms with Crippen LogP contribution in [-0.4, -0.2) is 99.7 Å². The van der Waals surface area contributed by atoms with Crippen LogP contribution in [0.4, 0.5) is 26.3 Å². The summed E-state index contributed by atoms with van der Waals surface area (Å²) in [4.78, 5) is 28.5. The van der Waals surface area contributed by atoms with Crippen LogP contribution in [0.1, 0.15) is 24.0 Å². The topological polar surface area (TPSA) is 91.3 Å². The van der Waals surface area contributed by atoms with E-state index in [1.54, 1.807) is 31.4 Å². The first-order chi connectivity index (χ1) is 22.5. The maximum absolute atomic E-state index is 14.4. The number of methoxy groups -OCH3 is 2. The van der Waals surface area contributed by atoms with Crippen LogP contribution in [0.5, 0.6) is 11.5 Å². The molecule has 3 aromatic rings. The highest BCUT2D eigenvalue weighted by Crippen LogP contribution is 2.47. The Morgan fingerprint density at radius 2 is 1.58 bits per heavy atom. The number of nitrogens with zero attached hydrogens (tertiary/aromatic N) is 2. The second kappa shape index (κ2) is 14.6. The molecule has 1 atom stereocenters. The molecule has 14 heteroatoms. The van der Waals surface area contributed by atoms with Gasteiger partial charge in [-0.15, -0.1) is 0 Å². The number of nitrogens with one attached hydrogen (secondary N) is 1. The van der Waals surface area contributed by atoms with Gasteiger partial charge in [0, 0.05) is 13.0 Å². The summed E-state index contributed by atoms with van der Waals surface area (Å²) < 4.78 is 93.3. The summed E-state index contributed by atoms with van der Waals surface area (Å²) in [5, 5.41) is 13.4. The van der Waals surface area contributed by atoms with Crippen molar-refractivity contribution in [2.45, 2.75) is 44.1 Å². The van der Waals surface area contributed by atoms with Gasteiger partial charge in [-0.25, -0.2) is 4.79 Å². The van der Waals surface area contributed by atoms with Gasteiger partial charge >= 0.3 is 18.3 Å². The maximum atomic E-state index is 14.4. The van der Waals surface area contributed by atoms with E-state index in [0.29, 0.717) is 45.4 Å². The summed E-state index contributed by atoms with van der Waals surface area (Å²) in [5.74, 6) is -1.99. The number of likely N-dealkylation sites (tertiary alicyclic amines) is 1. The molecule has 2 N–H and O–H groups in total. The zero-order valence-corrected chi connectivity index (χ0v) is 27.1. The molecule has 262 valence electrons. The van der Waals surface area contributed by atoms with Gasteiger partial charge in [0.1, 0.15) is 23.0 Å². The molecule has 1 aliphatic heterocycles. The molecule has 0 radical (unpaired) electrons. The number of benzene rings is 3. The van der Waals surface area contributed by atoms with Crippen LogP contribution in [-0.2, 0) is 22.4 Å². The van der Waals surface area contributed by atoms with Crippen molar-refractivity contribution < 1.29 is 50.5 Å². The standard InChI is InChI=1S/C34H39F6N3O5/c1-42(2)16-13-21-11-12-27(47-3)28(29(21)48-4)25-10-6-8-23-22(7-5-9-24(23)25)19-26(30(44)45)41-31(46)32(34(38,39)40)14-17-43(18-15-32)20-33(35,36)37/h5-12,26H,13-20H2,1-4H3,(H,41,46)(H,44,45)/t26-/m0/s1. The molecule has 1 saturated heterocycles. The average Bonchev–Trinajstić information content (AvgIpc) is 3.01. The zero-order chi connectivity index (χ0) is 35.4. The van der Waals surface area contributed by atoms with Gasteiger partial charge in [-0.1, -0.05) is 42.5 Å². The Kier molecular flexibility index (Phi) is 11.2. The summed E-state index contributed by atoms with van der Waals surface area (Å²) in [7, 11) is 7.00. The molecular formula is C34H39F6N3O5. The van der Waals surface area contributed by atoms with Gasteiger partial charge in [0.25, 0.3) is 0 Å². The van der Waals surface area contributed by atoms with E-state index in [1.807, 2.05) is 43.3 Å². The fourth-order valence-electron chi connectivity index (χ4n) is 6.28. The van der Waals surface area contributed by atoms with Crippen LogP contribution >= 0.6 is 0 Å². The molecule has 0 bridgehead atoms. The molecule has 0 unspecified atom stereocenters. The van der Waals surface area contributed by atoms with Gasteiger partial charge in [0.15, 0.2) is 0 Å². The van der Waals surface area contributed by atoms with Crippen molar-refractivity contribution in [2.24, 2.45) is 5.41 Å². The van der Waals surface area contributed by atoms with Crippen LogP contribution in [0.3, 0.4) is 0 Å². The predicted molar refractivity (Wildman–Crippen MR) is 168 cm³/mol. The van der Waals surface area contributed by atoms with E-state index in [4.69, 9.17) is 9.47 Å². The third kappa shape index (κ3) is 7.97. The molecule has 8 nitrogen and oxygen atoms in total. The van der Waals surface area contributed by atoms with Gasteiger partial charge in [0.05, 0.1) is 26.3 Å². The highest BCUT2D eigenvalue weighted by Gasteiger charge is 2.61. The van der Waals surface area contributed by atoms with Crippen molar-refractivity contribution in [3.8, 4) is 22.6 Å². The highest BCUT2D eigenvalue weighted by atomic mass is 19.4. The molecule has 0 aliphatic carbocycles. The van der Waals surface area contributed by atoms with Gasteiger partial charge in [0.2, 0.25) is 5.91 Å². The highest BCUT2D eigenvalue weighted by molar-refractivity contribution is 6.01. The van der Waals surface area contributed by atoms with Crippen molar-refractivity contribution in [1.82, 2.24) is 15.1 Å². The van der Waals surface area contributed by atoms with Crippen molar-refractivity contribution in [3.05, 3.63) is 59.7 Å². The summed E-state index contributed by atoms with van der Waals surface area (Å²) >= 11 is 0. The van der Waals surface area contributed by atoms with E-state index in [1.165, 1.54) is 7.11 Å². The number of hydrogen-bond donors (Lipinski definition) is 2. The Balaban J connectivity index is 1.69. The number of halogens is 6. The quantitative estimate of drug-likeness (QED) is 0.228. The normalized spacial score (nSPS) is 16.1. The lowest BCUT2D eigenvalue weighted by atomic mass is 9.76. The van der Waals surface area contributed by atoms with E-state index >= 15 is 0 Å². The van der Waals surface area contributed by atoms with Crippen LogP contribution in [0.25, 0.3) is 21.9 Å². The van der Waals surface area contributed by atoms with E-state index in [9.17, 15) is 41.0 Å². The number of carbonyl (C=O) groups excluding carboxylic acids is 1. The largest absolute Gasteiger partial charge is 0.496 e. The summed E-state index contributed by atoms with van der Waals surface area (Å²) in [6.45, 7) is -1.90. The number of carbonyl (C=O) groups is 2. The van der Waals surface area contributed by atoms with Gasteiger partial charge < -0.3 is 24.8 Å². The van der Waals surface area contributed by atoms with Gasteiger partial charge in [-0.3, -0.25) is 9.69 Å². The summed E-state index contributed by atoms with van der Waals surface area (Å²) in [6.07, 6.45) is -11.3. The first kappa shape index (κ1) is 36.8. The number of aliphatic carboxylic acids is 1. The fraction of sp³-hybridized carbons (Fsp3) is 0.471. The number of ether oxygens (including phenoxy) is 2. The third-order valence-electron chi connectivity index (χ3n) is 8.85. The van der Waals surface area contributed by atoms with Crippen molar-refractivity contribution in [2.75, 3.05) is 54.5 Å². The predicted octanol–water partition coefficient (Wildman–Crippen LogP) is 5.95. The molecule has 1 fully saturated rings. The first-order valence-electron chi connectivity index (χ1n) is 15.3. The maximum Gasteiger partial charge on any atom is 0.403 e. The Hall–Kier alpha value is -4.04. The molecular weight excluding hydrogens is 644 g/mol. The molecule has 0 spiro atoms. The SMILES string of the molecule is COc1ccc(CCN(C)C)c(OC)c1-c1cccc2c(C[C@H](NC(=O)C3(C(F)(F)F)CCN(CC(F)(F)F)CC3)C(=O)O)cccc12. The Bertz CT molecular complexity index is 1620. The third-order valence-corrected chi connectivity index (χ3v) is 8.85. The van der Waals surface area contributed by atoms with E-state index < -0.39 is 68.2 Å². The van der Waals surface area contributed by atoms with Crippen LogP contribution in [0.2, 0.25) is 0 Å². The number of piperidine rings is 1. The monoisotopic (exact) mass is 683 g/mol. The molecule has 0 aromatic heterocycles. The second-order valence-corrected chi connectivity index (χ2v) is 12.2. The number of amides is 1. The lowest BCUT2D eigenvalue weighted by molar-refractivity contribution is -0.236. The number of alkyl halides is 6. The average molecular weight is 684 g/mol. The number of fused-ring (bicyclic) bond motifs is 1. The summed E-state index contributed by atoms with van der Waals surface area (Å²) in [5.41, 5.74) is -0.255. The Morgan fingerprint density at radius 1 is 0.938 bits per heavy atom. The zero-order valence-electron chi connectivity index (χ0n) is 27.1. The Morgan fingerprint density at radius 3 is 2.15 bits per heavy atom. The molecule has 1 amide bonds. The van der Waals surface area contributed by atoms with Crippen molar-refractivity contribution >= 4 is 22.6 Å². The Labute approximate surface area is 274 Å². The summed E-state index contributed by atoms with van der Waals surface area (Å²) in [6, 6.07) is 12.5. The van der Waals surface area contributed by atoms with E-state index in [2.05, 4.69) is 5.32 Å². The molecule has 4 rings (SSSR count). The van der Waals surface area contributed by atoms with E-state index in [0.717, 1.165) is 17.0 Å². The molecule has 1 aliphatic rings. The smallest absolute Gasteiger partial charge is 0.403 e. The number of carboxylic acid groups (broad SMARTS) is 1. The lowest BCUT2D eigenvalue weighted by Crippen LogP contribution is -2.59. The first-order valence-corrected chi connectivity index (χ1v) is 15.3. The van der Waals surface area contributed by atoms with Crippen LogP contribution in [0.15, 0.2) is 48.5 Å². The fourth-order valence-corrected chi connectivity index (χ4v) is 6.28. The minimum Gasteiger partial charge on any atom is -0.496 e. The molecule has 0 saturated carbocycles. The lowest BCUT2D eigenvalue weighted by Gasteiger charge is -2.42. The minimum atomic E-state index is -5.11.